The summed E-state index contributed by atoms with van der Waals surface area (Å²) in [4.78, 5) is 0. The van der Waals surface area contributed by atoms with Crippen LogP contribution in [-0.4, -0.2) is 55.1 Å². The van der Waals surface area contributed by atoms with Crippen molar-refractivity contribution >= 4 is 8.32 Å². The molecular formula is C12H28O4Si. The van der Waals surface area contributed by atoms with Crippen molar-refractivity contribution in [3.63, 3.8) is 0 Å². The van der Waals surface area contributed by atoms with E-state index in [9.17, 15) is 0 Å². The molecule has 0 aliphatic rings. The number of ether oxygens (including phenoxy) is 3. The van der Waals surface area contributed by atoms with Crippen LogP contribution in [0.4, 0.5) is 0 Å². The molecule has 0 heterocycles. The Bertz CT molecular complexity index is 165. The lowest BCUT2D eigenvalue weighted by Gasteiger charge is -2.19. The van der Waals surface area contributed by atoms with Crippen LogP contribution in [0.15, 0.2) is 0 Å². The zero-order chi connectivity index (χ0) is 13.0. The largest absolute Gasteiger partial charge is 0.420 e. The highest BCUT2D eigenvalue weighted by atomic mass is 28.4. The van der Waals surface area contributed by atoms with Crippen LogP contribution in [0.25, 0.3) is 0 Å². The Labute approximate surface area is 107 Å². The highest BCUT2D eigenvalue weighted by Crippen LogP contribution is 2.11. The van der Waals surface area contributed by atoms with Gasteiger partial charge < -0.3 is 18.6 Å². The molecule has 0 unspecified atom stereocenters. The summed E-state index contributed by atoms with van der Waals surface area (Å²) in [6.45, 7) is 10.6. The van der Waals surface area contributed by atoms with Crippen LogP contribution >= 0.6 is 0 Å². The Kier molecular flexibility index (Phi) is 11.2. The Morgan fingerprint density at radius 1 is 0.824 bits per heavy atom. The van der Waals surface area contributed by atoms with Gasteiger partial charge in [0.25, 0.3) is 0 Å². The molecule has 0 atom stereocenters. The van der Waals surface area contributed by atoms with E-state index in [4.69, 9.17) is 18.6 Å². The summed E-state index contributed by atoms with van der Waals surface area (Å²) in [5.74, 6) is 0. The van der Waals surface area contributed by atoms with Crippen LogP contribution in [0.5, 0.6) is 0 Å². The van der Waals surface area contributed by atoms with E-state index < -0.39 is 8.32 Å². The smallest absolute Gasteiger partial charge is 0.186 e. The number of hydrogen-bond acceptors (Lipinski definition) is 4. The monoisotopic (exact) mass is 264 g/mol. The highest BCUT2D eigenvalue weighted by Gasteiger charge is 2.19. The van der Waals surface area contributed by atoms with E-state index in [2.05, 4.69) is 13.1 Å². The molecule has 0 radical (unpaired) electrons. The number of rotatable bonds is 12. The molecule has 0 amide bonds. The summed E-state index contributed by atoms with van der Waals surface area (Å²) in [7, 11) is 0.409. The van der Waals surface area contributed by atoms with E-state index in [1.807, 2.05) is 6.92 Å². The lowest BCUT2D eigenvalue weighted by atomic mass is 10.5. The first kappa shape index (κ1) is 17.1. The van der Waals surface area contributed by atoms with Crippen molar-refractivity contribution in [2.45, 2.75) is 32.5 Å². The first-order valence-electron chi connectivity index (χ1n) is 6.41. The quantitative estimate of drug-likeness (QED) is 0.400. The summed E-state index contributed by atoms with van der Waals surface area (Å²) in [6, 6.07) is 1.15. The van der Waals surface area contributed by atoms with Gasteiger partial charge in [-0.3, -0.25) is 0 Å². The second kappa shape index (κ2) is 11.2. The van der Waals surface area contributed by atoms with Gasteiger partial charge in [0.1, 0.15) is 0 Å². The maximum absolute atomic E-state index is 5.48. The van der Waals surface area contributed by atoms with Gasteiger partial charge >= 0.3 is 0 Å². The van der Waals surface area contributed by atoms with Crippen LogP contribution in [0.1, 0.15) is 13.3 Å². The summed E-state index contributed by atoms with van der Waals surface area (Å²) in [5.41, 5.74) is 0. The van der Waals surface area contributed by atoms with Crippen molar-refractivity contribution in [1.29, 1.82) is 0 Å². The molecule has 0 aromatic carbocycles. The van der Waals surface area contributed by atoms with Gasteiger partial charge in [-0.1, -0.05) is 0 Å². The average Bonchev–Trinajstić information content (AvgIpc) is 2.31. The zero-order valence-corrected chi connectivity index (χ0v) is 12.8. The first-order valence-corrected chi connectivity index (χ1v) is 9.52. The fourth-order valence-corrected chi connectivity index (χ4v) is 2.49. The molecule has 0 rings (SSSR count). The van der Waals surface area contributed by atoms with Crippen molar-refractivity contribution in [3.05, 3.63) is 0 Å². The van der Waals surface area contributed by atoms with Crippen LogP contribution in [0.2, 0.25) is 19.1 Å². The molecular weight excluding hydrogens is 236 g/mol. The highest BCUT2D eigenvalue weighted by molar-refractivity contribution is 6.71. The van der Waals surface area contributed by atoms with Crippen LogP contribution < -0.4 is 0 Å². The van der Waals surface area contributed by atoms with Gasteiger partial charge in [-0.05, 0) is 32.5 Å². The molecule has 104 valence electrons. The number of hydrogen-bond donors (Lipinski definition) is 0. The third kappa shape index (κ3) is 12.3. The summed E-state index contributed by atoms with van der Waals surface area (Å²) in [5, 5.41) is 0. The van der Waals surface area contributed by atoms with Crippen LogP contribution in [-0.2, 0) is 18.6 Å². The standard InChI is InChI=1S/C12H28O4Si/c1-5-14-8-9-16-11-10-15-7-6-12-17(3,4)13-2/h5-12H2,1-4H3. The van der Waals surface area contributed by atoms with Gasteiger partial charge in [0.2, 0.25) is 0 Å². The molecule has 0 N–H and O–H groups in total. The second-order valence-electron chi connectivity index (χ2n) is 4.49. The third-order valence-corrected chi connectivity index (χ3v) is 5.23. The van der Waals surface area contributed by atoms with Crippen molar-refractivity contribution in [2.24, 2.45) is 0 Å². The van der Waals surface area contributed by atoms with Crippen molar-refractivity contribution in [2.75, 3.05) is 46.8 Å². The lowest BCUT2D eigenvalue weighted by molar-refractivity contribution is 0.0170. The fourth-order valence-electron chi connectivity index (χ4n) is 1.29. The molecule has 17 heavy (non-hydrogen) atoms. The van der Waals surface area contributed by atoms with Crippen LogP contribution in [0, 0.1) is 0 Å². The fraction of sp³-hybridized carbons (Fsp3) is 1.00. The molecule has 5 heteroatoms. The molecule has 0 aliphatic heterocycles. The van der Waals surface area contributed by atoms with Gasteiger partial charge in [0.05, 0.1) is 26.4 Å². The average molecular weight is 264 g/mol. The molecule has 0 aromatic rings. The third-order valence-electron chi connectivity index (χ3n) is 2.57. The SMILES string of the molecule is CCOCCOCCOCCC[Si](C)(C)OC. The Morgan fingerprint density at radius 3 is 1.88 bits per heavy atom. The predicted octanol–water partition coefficient (Wildman–Crippen LogP) is 2.30. The summed E-state index contributed by atoms with van der Waals surface area (Å²) < 4.78 is 21.4. The lowest BCUT2D eigenvalue weighted by Crippen LogP contribution is -2.28. The Morgan fingerprint density at radius 2 is 1.35 bits per heavy atom. The van der Waals surface area contributed by atoms with E-state index in [0.29, 0.717) is 26.4 Å². The van der Waals surface area contributed by atoms with Gasteiger partial charge in [-0.25, -0.2) is 0 Å². The normalized spacial score (nSPS) is 12.0. The Hall–Kier alpha value is 0.0569. The van der Waals surface area contributed by atoms with Crippen molar-refractivity contribution < 1.29 is 18.6 Å². The molecule has 0 aliphatic carbocycles. The van der Waals surface area contributed by atoms with E-state index >= 15 is 0 Å². The molecule has 0 spiro atoms. The van der Waals surface area contributed by atoms with Crippen molar-refractivity contribution in [3.8, 4) is 0 Å². The minimum Gasteiger partial charge on any atom is -0.420 e. The molecule has 0 aromatic heterocycles. The zero-order valence-electron chi connectivity index (χ0n) is 11.8. The predicted molar refractivity (Wildman–Crippen MR) is 72.0 cm³/mol. The molecule has 0 saturated heterocycles. The minimum atomic E-state index is -1.40. The van der Waals surface area contributed by atoms with Gasteiger partial charge in [0.15, 0.2) is 8.32 Å². The van der Waals surface area contributed by atoms with Crippen LogP contribution in [0.3, 0.4) is 0 Å². The van der Waals surface area contributed by atoms with E-state index in [1.165, 1.54) is 0 Å². The van der Waals surface area contributed by atoms with E-state index in [1.54, 1.807) is 7.11 Å². The molecule has 0 fully saturated rings. The summed E-state index contributed by atoms with van der Waals surface area (Å²) >= 11 is 0. The second-order valence-corrected chi connectivity index (χ2v) is 8.92. The van der Waals surface area contributed by atoms with Gasteiger partial charge in [-0.15, -0.1) is 0 Å². The molecule has 4 nitrogen and oxygen atoms in total. The molecule has 0 saturated carbocycles. The van der Waals surface area contributed by atoms with E-state index in [-0.39, 0.29) is 0 Å². The summed E-state index contributed by atoms with van der Waals surface area (Å²) in [6.07, 6.45) is 1.08. The minimum absolute atomic E-state index is 0.651. The first-order chi connectivity index (χ1) is 8.12. The molecule has 0 bridgehead atoms. The Balaban J connectivity index is 3.09. The maximum atomic E-state index is 5.48. The maximum Gasteiger partial charge on any atom is 0.186 e. The van der Waals surface area contributed by atoms with Crippen molar-refractivity contribution in [1.82, 2.24) is 0 Å². The van der Waals surface area contributed by atoms with Gasteiger partial charge in [0, 0.05) is 20.3 Å². The van der Waals surface area contributed by atoms with E-state index in [0.717, 1.165) is 25.7 Å². The van der Waals surface area contributed by atoms with Gasteiger partial charge in [-0.2, -0.15) is 0 Å². The topological polar surface area (TPSA) is 36.9 Å².